The number of hydrazone groups is 1. The average molecular weight is 411 g/mol. The van der Waals surface area contributed by atoms with Crippen LogP contribution in [0, 0.1) is 5.82 Å². The molecule has 0 spiro atoms. The predicted molar refractivity (Wildman–Crippen MR) is 105 cm³/mol. The Morgan fingerprint density at radius 1 is 1.00 bits per heavy atom. The maximum absolute atomic E-state index is 13.4. The Kier molecular flexibility index (Phi) is 4.47. The molecule has 26 heavy (non-hydrogen) atoms. The molecule has 1 heterocycles. The summed E-state index contributed by atoms with van der Waals surface area (Å²) < 4.78 is 14.2. The minimum atomic E-state index is -0.260. The molecule has 1 atom stereocenters. The molecule has 130 valence electrons. The number of phenolic OH excluding ortho intramolecular Hbond substituents is 1. The lowest BCUT2D eigenvalue weighted by Crippen LogP contribution is -2.18. The zero-order valence-electron chi connectivity index (χ0n) is 13.8. The van der Waals surface area contributed by atoms with E-state index >= 15 is 0 Å². The lowest BCUT2D eigenvalue weighted by molar-refractivity contribution is 0.474. The number of halogens is 2. The highest BCUT2D eigenvalue weighted by Gasteiger charge is 2.31. The molecule has 0 saturated heterocycles. The van der Waals surface area contributed by atoms with E-state index in [4.69, 9.17) is 5.10 Å². The molecule has 5 heteroatoms. The van der Waals surface area contributed by atoms with Crippen LogP contribution in [-0.2, 0) is 0 Å². The highest BCUT2D eigenvalue weighted by Crippen LogP contribution is 2.38. The molecule has 0 bridgehead atoms. The van der Waals surface area contributed by atoms with E-state index in [1.165, 1.54) is 12.1 Å². The molecule has 1 aliphatic rings. The van der Waals surface area contributed by atoms with Crippen LogP contribution in [0.25, 0.3) is 0 Å². The average Bonchev–Trinajstić information content (AvgIpc) is 3.10. The summed E-state index contributed by atoms with van der Waals surface area (Å²) in [6, 6.07) is 21.6. The van der Waals surface area contributed by atoms with E-state index in [9.17, 15) is 9.50 Å². The Labute approximate surface area is 159 Å². The van der Waals surface area contributed by atoms with Crippen LogP contribution in [0.15, 0.2) is 82.4 Å². The topological polar surface area (TPSA) is 35.8 Å². The normalized spacial score (nSPS) is 16.6. The largest absolute Gasteiger partial charge is 0.507 e. The third-order valence-electron chi connectivity index (χ3n) is 4.46. The molecule has 0 fully saturated rings. The number of para-hydroxylation sites is 1. The van der Waals surface area contributed by atoms with Gasteiger partial charge in [0.15, 0.2) is 0 Å². The van der Waals surface area contributed by atoms with Gasteiger partial charge in [0.25, 0.3) is 0 Å². The van der Waals surface area contributed by atoms with Crippen LogP contribution >= 0.6 is 15.9 Å². The molecular weight excluding hydrogens is 395 g/mol. The smallest absolute Gasteiger partial charge is 0.124 e. The van der Waals surface area contributed by atoms with Crippen LogP contribution in [0.5, 0.6) is 5.75 Å². The van der Waals surface area contributed by atoms with Crippen molar-refractivity contribution in [2.24, 2.45) is 5.10 Å². The fourth-order valence-corrected chi connectivity index (χ4v) is 3.54. The molecular formula is C21H16BrFN2O. The summed E-state index contributed by atoms with van der Waals surface area (Å²) in [5, 5.41) is 17.0. The van der Waals surface area contributed by atoms with E-state index in [1.54, 1.807) is 24.3 Å². The SMILES string of the molecule is Oc1ccc(Br)cc1C1=NN(c2ccccc2)[C@H](c2ccc(F)cc2)C1. The number of aromatic hydroxyl groups is 1. The first-order chi connectivity index (χ1) is 12.6. The predicted octanol–water partition coefficient (Wildman–Crippen LogP) is 5.65. The van der Waals surface area contributed by atoms with Crippen molar-refractivity contribution in [2.75, 3.05) is 5.01 Å². The second-order valence-electron chi connectivity index (χ2n) is 6.16. The van der Waals surface area contributed by atoms with E-state index in [-0.39, 0.29) is 17.6 Å². The monoisotopic (exact) mass is 410 g/mol. The van der Waals surface area contributed by atoms with Gasteiger partial charge in [0.1, 0.15) is 11.6 Å². The molecule has 4 rings (SSSR count). The maximum atomic E-state index is 13.4. The standard InChI is InChI=1S/C21H16BrFN2O/c22-15-8-11-21(26)18(12-15)19-13-20(14-6-9-16(23)10-7-14)25(24-19)17-4-2-1-3-5-17/h1-12,20,26H,13H2/t20-/m0/s1. The number of hydrogen-bond donors (Lipinski definition) is 1. The quantitative estimate of drug-likeness (QED) is 0.605. The number of nitrogens with zero attached hydrogens (tertiary/aromatic N) is 2. The minimum absolute atomic E-state index is 0.0635. The van der Waals surface area contributed by atoms with E-state index in [0.717, 1.165) is 21.4 Å². The van der Waals surface area contributed by atoms with Crippen molar-refractivity contribution in [3.05, 3.63) is 94.2 Å². The summed E-state index contributed by atoms with van der Waals surface area (Å²) >= 11 is 3.45. The fourth-order valence-electron chi connectivity index (χ4n) is 3.18. The second-order valence-corrected chi connectivity index (χ2v) is 7.08. The highest BCUT2D eigenvalue weighted by atomic mass is 79.9. The third-order valence-corrected chi connectivity index (χ3v) is 4.95. The van der Waals surface area contributed by atoms with Gasteiger partial charge in [-0.1, -0.05) is 46.3 Å². The molecule has 3 aromatic carbocycles. The first kappa shape index (κ1) is 16.8. The lowest BCUT2D eigenvalue weighted by atomic mass is 9.97. The lowest BCUT2D eigenvalue weighted by Gasteiger charge is -2.23. The van der Waals surface area contributed by atoms with Gasteiger partial charge >= 0.3 is 0 Å². The van der Waals surface area contributed by atoms with Crippen LogP contribution in [0.4, 0.5) is 10.1 Å². The van der Waals surface area contributed by atoms with Gasteiger partial charge in [0.2, 0.25) is 0 Å². The first-order valence-corrected chi connectivity index (χ1v) is 9.07. The van der Waals surface area contributed by atoms with Crippen LogP contribution in [0.3, 0.4) is 0 Å². The molecule has 1 N–H and O–H groups in total. The van der Waals surface area contributed by atoms with Gasteiger partial charge in [-0.15, -0.1) is 0 Å². The van der Waals surface area contributed by atoms with Gasteiger partial charge in [0.05, 0.1) is 17.4 Å². The minimum Gasteiger partial charge on any atom is -0.507 e. The summed E-state index contributed by atoms with van der Waals surface area (Å²) in [5.41, 5.74) is 3.42. The summed E-state index contributed by atoms with van der Waals surface area (Å²) in [7, 11) is 0. The van der Waals surface area contributed by atoms with Crippen molar-refractivity contribution >= 4 is 27.3 Å². The molecule has 3 nitrogen and oxygen atoms in total. The van der Waals surface area contributed by atoms with Gasteiger partial charge in [-0.3, -0.25) is 5.01 Å². The molecule has 3 aromatic rings. The number of phenols is 1. The van der Waals surface area contributed by atoms with Crippen molar-refractivity contribution in [1.82, 2.24) is 0 Å². The summed E-state index contributed by atoms with van der Waals surface area (Å²) in [4.78, 5) is 0. The van der Waals surface area contributed by atoms with Gasteiger partial charge in [-0.2, -0.15) is 5.10 Å². The summed E-state index contributed by atoms with van der Waals surface area (Å²) in [6.07, 6.45) is 0.616. The van der Waals surface area contributed by atoms with Gasteiger partial charge in [0, 0.05) is 16.5 Å². The van der Waals surface area contributed by atoms with Crippen molar-refractivity contribution < 1.29 is 9.50 Å². The zero-order chi connectivity index (χ0) is 18.1. The van der Waals surface area contributed by atoms with E-state index < -0.39 is 0 Å². The summed E-state index contributed by atoms with van der Waals surface area (Å²) in [6.45, 7) is 0. The number of rotatable bonds is 3. The number of hydrogen-bond acceptors (Lipinski definition) is 3. The van der Waals surface area contributed by atoms with E-state index in [2.05, 4.69) is 15.9 Å². The molecule has 0 radical (unpaired) electrons. The Morgan fingerprint density at radius 2 is 1.73 bits per heavy atom. The Bertz CT molecular complexity index is 958. The molecule has 0 aromatic heterocycles. The van der Waals surface area contributed by atoms with Crippen molar-refractivity contribution in [3.63, 3.8) is 0 Å². The van der Waals surface area contributed by atoms with Gasteiger partial charge in [-0.05, 0) is 48.0 Å². The zero-order valence-corrected chi connectivity index (χ0v) is 15.4. The summed E-state index contributed by atoms with van der Waals surface area (Å²) in [5.74, 6) is -0.0662. The molecule has 1 aliphatic heterocycles. The van der Waals surface area contributed by atoms with Gasteiger partial charge < -0.3 is 5.11 Å². The Morgan fingerprint density at radius 3 is 2.46 bits per heavy atom. The van der Waals surface area contributed by atoms with Crippen LogP contribution < -0.4 is 5.01 Å². The van der Waals surface area contributed by atoms with Gasteiger partial charge in [-0.25, -0.2) is 4.39 Å². The van der Waals surface area contributed by atoms with E-state index in [0.29, 0.717) is 12.0 Å². The maximum Gasteiger partial charge on any atom is 0.124 e. The Hall–Kier alpha value is -2.66. The molecule has 0 amide bonds. The van der Waals surface area contributed by atoms with Crippen molar-refractivity contribution in [1.29, 1.82) is 0 Å². The fraction of sp³-hybridized carbons (Fsp3) is 0.0952. The van der Waals surface area contributed by atoms with Crippen molar-refractivity contribution in [2.45, 2.75) is 12.5 Å². The van der Waals surface area contributed by atoms with E-state index in [1.807, 2.05) is 41.4 Å². The second kappa shape index (κ2) is 6.92. The molecule has 0 unspecified atom stereocenters. The Balaban J connectivity index is 1.78. The first-order valence-electron chi connectivity index (χ1n) is 8.28. The van der Waals surface area contributed by atoms with Crippen LogP contribution in [-0.4, -0.2) is 10.8 Å². The molecule has 0 saturated carbocycles. The number of benzene rings is 3. The highest BCUT2D eigenvalue weighted by molar-refractivity contribution is 9.10. The van der Waals surface area contributed by atoms with Crippen LogP contribution in [0.1, 0.15) is 23.6 Å². The third kappa shape index (κ3) is 3.22. The molecule has 0 aliphatic carbocycles. The number of anilines is 1. The van der Waals surface area contributed by atoms with Crippen molar-refractivity contribution in [3.8, 4) is 5.75 Å². The van der Waals surface area contributed by atoms with Crippen LogP contribution in [0.2, 0.25) is 0 Å².